The van der Waals surface area contributed by atoms with Crippen LogP contribution >= 0.6 is 0 Å². The van der Waals surface area contributed by atoms with E-state index in [1.165, 1.54) is 0 Å². The molecule has 0 aromatic carbocycles. The maximum absolute atomic E-state index is 9.99. The average Bonchev–Trinajstić information content (AvgIpc) is 1.63. The van der Waals surface area contributed by atoms with Crippen molar-refractivity contribution in [1.29, 1.82) is 0 Å². The van der Waals surface area contributed by atoms with E-state index in [4.69, 9.17) is 4.55 Å². The molecule has 0 heterocycles. The fourth-order valence-corrected chi connectivity index (χ4v) is 0.665. The van der Waals surface area contributed by atoms with Gasteiger partial charge in [-0.1, -0.05) is 0 Å². The molecule has 9 heavy (non-hydrogen) atoms. The molecular formula is C3H10N2O3S. The van der Waals surface area contributed by atoms with Gasteiger partial charge in [-0.3, -0.25) is 15.4 Å². The zero-order valence-corrected chi connectivity index (χ0v) is 5.90. The second kappa shape index (κ2) is 3.78. The van der Waals surface area contributed by atoms with Gasteiger partial charge in [0, 0.05) is 6.54 Å². The van der Waals surface area contributed by atoms with Gasteiger partial charge in [0.25, 0.3) is 10.1 Å². The van der Waals surface area contributed by atoms with Crippen LogP contribution in [-0.2, 0) is 10.1 Å². The van der Waals surface area contributed by atoms with Gasteiger partial charge in [0.2, 0.25) is 0 Å². The van der Waals surface area contributed by atoms with Gasteiger partial charge in [-0.2, -0.15) is 8.42 Å². The molecule has 0 aliphatic carbocycles. The molecule has 0 bridgehead atoms. The third-order valence-corrected chi connectivity index (χ3v) is 1.38. The molecule has 0 spiro atoms. The summed E-state index contributed by atoms with van der Waals surface area (Å²) in [6.45, 7) is 0.204. The molecule has 0 saturated carbocycles. The van der Waals surface area contributed by atoms with E-state index >= 15 is 0 Å². The van der Waals surface area contributed by atoms with Crippen LogP contribution in [0.2, 0.25) is 0 Å². The van der Waals surface area contributed by atoms with Gasteiger partial charge < -0.3 is 0 Å². The van der Waals surface area contributed by atoms with E-state index < -0.39 is 10.1 Å². The summed E-state index contributed by atoms with van der Waals surface area (Å²) in [4.78, 5) is 0. The van der Waals surface area contributed by atoms with Gasteiger partial charge in [-0.15, -0.1) is 0 Å². The van der Waals surface area contributed by atoms with Gasteiger partial charge in [-0.25, -0.2) is 0 Å². The molecule has 0 fully saturated rings. The van der Waals surface area contributed by atoms with Gasteiger partial charge in [0.05, 0.1) is 5.75 Å². The second-order valence-corrected chi connectivity index (χ2v) is 3.03. The average molecular weight is 154 g/mol. The lowest BCUT2D eigenvalue weighted by Gasteiger charge is -1.97. The van der Waals surface area contributed by atoms with E-state index in [1.807, 2.05) is 0 Å². The van der Waals surface area contributed by atoms with Gasteiger partial charge in [-0.05, 0) is 7.05 Å². The fraction of sp³-hybridized carbons (Fsp3) is 1.00. The Hall–Kier alpha value is -0.170. The van der Waals surface area contributed by atoms with E-state index in [1.54, 1.807) is 7.05 Å². The maximum atomic E-state index is 9.99. The van der Waals surface area contributed by atoms with Crippen molar-refractivity contribution in [1.82, 2.24) is 10.9 Å². The zero-order valence-electron chi connectivity index (χ0n) is 5.09. The minimum atomic E-state index is -3.80. The Bertz CT molecular complexity index is 152. The highest BCUT2D eigenvalue weighted by Gasteiger charge is 2.00. The minimum absolute atomic E-state index is 0.204. The SMILES string of the molecule is CNNCCS(=O)(=O)O. The Morgan fingerprint density at radius 1 is 1.56 bits per heavy atom. The minimum Gasteiger partial charge on any atom is -0.286 e. The first kappa shape index (κ1) is 8.83. The topological polar surface area (TPSA) is 78.4 Å². The lowest BCUT2D eigenvalue weighted by molar-refractivity contribution is 0.478. The largest absolute Gasteiger partial charge is 0.286 e. The van der Waals surface area contributed by atoms with Crippen LogP contribution < -0.4 is 10.9 Å². The summed E-state index contributed by atoms with van der Waals surface area (Å²) < 4.78 is 28.1. The number of hydrogen-bond acceptors (Lipinski definition) is 4. The molecule has 0 amide bonds. The van der Waals surface area contributed by atoms with E-state index in [9.17, 15) is 8.42 Å². The summed E-state index contributed by atoms with van der Waals surface area (Å²) in [5.74, 6) is -0.270. The quantitative estimate of drug-likeness (QED) is 0.264. The van der Waals surface area contributed by atoms with E-state index in [0.717, 1.165) is 0 Å². The Morgan fingerprint density at radius 2 is 2.11 bits per heavy atom. The van der Waals surface area contributed by atoms with Gasteiger partial charge in [0.1, 0.15) is 0 Å². The Labute approximate surface area is 54.2 Å². The van der Waals surface area contributed by atoms with Gasteiger partial charge >= 0.3 is 0 Å². The molecule has 5 nitrogen and oxygen atoms in total. The highest BCUT2D eigenvalue weighted by atomic mass is 32.2. The molecule has 6 heteroatoms. The summed E-state index contributed by atoms with van der Waals surface area (Å²) in [6.07, 6.45) is 0. The number of nitrogens with one attached hydrogen (secondary N) is 2. The zero-order chi connectivity index (χ0) is 7.33. The molecular weight excluding hydrogens is 144 g/mol. The van der Waals surface area contributed by atoms with Gasteiger partial charge in [0.15, 0.2) is 0 Å². The predicted octanol–water partition coefficient (Wildman–Crippen LogP) is -1.40. The lowest BCUT2D eigenvalue weighted by atomic mass is 10.8. The molecule has 0 atom stereocenters. The van der Waals surface area contributed by atoms with Crippen molar-refractivity contribution in [3.8, 4) is 0 Å². The van der Waals surface area contributed by atoms with Crippen LogP contribution in [-0.4, -0.2) is 32.3 Å². The molecule has 0 saturated heterocycles. The molecule has 3 N–H and O–H groups in total. The summed E-state index contributed by atoms with van der Waals surface area (Å²) in [6, 6.07) is 0. The number of hydrogen-bond donors (Lipinski definition) is 3. The fourth-order valence-electron chi connectivity index (χ4n) is 0.305. The summed E-state index contributed by atoms with van der Waals surface area (Å²) in [5.41, 5.74) is 5.03. The molecule has 56 valence electrons. The molecule has 0 aliphatic rings. The Kier molecular flexibility index (Phi) is 3.71. The van der Waals surface area contributed by atoms with Crippen LogP contribution in [0.4, 0.5) is 0 Å². The van der Waals surface area contributed by atoms with Crippen molar-refractivity contribution < 1.29 is 13.0 Å². The highest BCUT2D eigenvalue weighted by molar-refractivity contribution is 7.85. The first-order valence-electron chi connectivity index (χ1n) is 2.41. The summed E-state index contributed by atoms with van der Waals surface area (Å²) in [5, 5.41) is 0. The number of hydrazine groups is 1. The van der Waals surface area contributed by atoms with Crippen molar-refractivity contribution in [3.63, 3.8) is 0 Å². The van der Waals surface area contributed by atoms with E-state index in [-0.39, 0.29) is 12.3 Å². The van der Waals surface area contributed by atoms with E-state index in [0.29, 0.717) is 0 Å². The molecule has 0 unspecified atom stereocenters. The first-order valence-corrected chi connectivity index (χ1v) is 4.02. The third kappa shape index (κ3) is 7.83. The van der Waals surface area contributed by atoms with Crippen LogP contribution in [0.15, 0.2) is 0 Å². The van der Waals surface area contributed by atoms with Crippen LogP contribution in [0.1, 0.15) is 0 Å². The van der Waals surface area contributed by atoms with Crippen LogP contribution in [0.25, 0.3) is 0 Å². The van der Waals surface area contributed by atoms with Crippen molar-refractivity contribution in [2.24, 2.45) is 0 Å². The van der Waals surface area contributed by atoms with Crippen LogP contribution in [0.3, 0.4) is 0 Å². The number of rotatable bonds is 4. The Morgan fingerprint density at radius 3 is 2.44 bits per heavy atom. The predicted molar refractivity (Wildman–Crippen MR) is 33.5 cm³/mol. The maximum Gasteiger partial charge on any atom is 0.266 e. The normalized spacial score (nSPS) is 11.8. The third-order valence-electron chi connectivity index (χ3n) is 0.662. The van der Waals surface area contributed by atoms with E-state index in [2.05, 4.69) is 10.9 Å². The molecule has 0 aromatic rings. The Balaban J connectivity index is 3.30. The standard InChI is InChI=1S/C3H10N2O3S/c1-4-5-2-3-9(6,7)8/h4-5H,2-3H2,1H3,(H,6,7,8). The summed E-state index contributed by atoms with van der Waals surface area (Å²) in [7, 11) is -2.18. The molecule has 0 rings (SSSR count). The second-order valence-electron chi connectivity index (χ2n) is 1.46. The highest BCUT2D eigenvalue weighted by Crippen LogP contribution is 1.76. The monoisotopic (exact) mass is 154 g/mol. The van der Waals surface area contributed by atoms with Crippen LogP contribution in [0, 0.1) is 0 Å². The molecule has 0 aliphatic heterocycles. The van der Waals surface area contributed by atoms with Crippen molar-refractivity contribution >= 4 is 10.1 Å². The van der Waals surface area contributed by atoms with Crippen LogP contribution in [0.5, 0.6) is 0 Å². The van der Waals surface area contributed by atoms with Crippen molar-refractivity contribution in [3.05, 3.63) is 0 Å². The first-order chi connectivity index (χ1) is 4.06. The van der Waals surface area contributed by atoms with Crippen molar-refractivity contribution in [2.45, 2.75) is 0 Å². The lowest BCUT2D eigenvalue weighted by Crippen LogP contribution is -2.32. The molecule has 0 aromatic heterocycles. The van der Waals surface area contributed by atoms with Crippen molar-refractivity contribution in [2.75, 3.05) is 19.3 Å². The smallest absolute Gasteiger partial charge is 0.266 e. The summed E-state index contributed by atoms with van der Waals surface area (Å²) >= 11 is 0. The molecule has 0 radical (unpaired) electrons.